The van der Waals surface area contributed by atoms with Gasteiger partial charge in [-0.1, -0.05) is 19.6 Å². The summed E-state index contributed by atoms with van der Waals surface area (Å²) in [4.78, 5) is 16.7. The Bertz CT molecular complexity index is 1110. The summed E-state index contributed by atoms with van der Waals surface area (Å²) in [6, 6.07) is 8.33. The number of benzene rings is 2. The monoisotopic (exact) mass is 555 g/mol. The Morgan fingerprint density at radius 3 is 2.68 bits per heavy atom. The number of carbonyl (C=O) groups excluding carboxylic acids is 1. The van der Waals surface area contributed by atoms with E-state index in [0.29, 0.717) is 17.8 Å². The summed E-state index contributed by atoms with van der Waals surface area (Å²) in [6.07, 6.45) is 1.53. The van der Waals surface area contributed by atoms with Crippen LogP contribution in [0.4, 0.5) is 15.8 Å². The number of nitrogens with one attached hydrogen (secondary N) is 1. The number of methoxy groups -OCH3 is 1. The second-order valence-corrected chi connectivity index (χ2v) is 15.5. The zero-order valence-corrected chi connectivity index (χ0v) is 21.5. The van der Waals surface area contributed by atoms with Crippen LogP contribution in [0.15, 0.2) is 30.6 Å². The van der Waals surface area contributed by atoms with Gasteiger partial charge in [0.05, 0.1) is 30.2 Å². The van der Waals surface area contributed by atoms with Gasteiger partial charge in [-0.15, -0.1) is 0 Å². The zero-order valence-electron chi connectivity index (χ0n) is 18.4. The van der Waals surface area contributed by atoms with Crippen molar-refractivity contribution in [3.63, 3.8) is 0 Å². The molecule has 0 amide bonds. The standard InChI is InChI=1S/C22H27FIN3O3Si/c1-14-10-15(24)6-7-17(14)26-20-16(22(28)29-2)11-18-21(19(20)23)27(12-25-18)13-30-8-9-31(3,4)5/h6-7,10-12,26H,8-9,13H2,1-5H3. The summed E-state index contributed by atoms with van der Waals surface area (Å²) in [5, 5.41) is 3.09. The van der Waals surface area contributed by atoms with Crippen LogP contribution in [0.5, 0.6) is 0 Å². The van der Waals surface area contributed by atoms with Crippen molar-refractivity contribution < 1.29 is 18.7 Å². The SMILES string of the molecule is COC(=O)c1cc2ncn(COCC[Si](C)(C)C)c2c(F)c1Nc1ccc(I)cc1C. The number of rotatable bonds is 8. The first-order chi connectivity index (χ1) is 14.6. The number of halogens is 2. The average Bonchev–Trinajstić information content (AvgIpc) is 3.10. The fourth-order valence-electron chi connectivity index (χ4n) is 3.12. The lowest BCUT2D eigenvalue weighted by molar-refractivity contribution is 0.0601. The molecule has 1 heterocycles. The number of fused-ring (bicyclic) bond motifs is 1. The van der Waals surface area contributed by atoms with Gasteiger partial charge in [-0.05, 0) is 65.4 Å². The minimum absolute atomic E-state index is 0.0625. The molecule has 0 spiro atoms. The van der Waals surface area contributed by atoms with Gasteiger partial charge in [0, 0.05) is 23.9 Å². The number of esters is 1. The largest absolute Gasteiger partial charge is 0.465 e. The molecule has 0 fully saturated rings. The summed E-state index contributed by atoms with van der Waals surface area (Å²) in [6.45, 7) is 9.57. The van der Waals surface area contributed by atoms with E-state index in [4.69, 9.17) is 9.47 Å². The number of hydrogen-bond donors (Lipinski definition) is 1. The summed E-state index contributed by atoms with van der Waals surface area (Å²) >= 11 is 2.22. The third-order valence-corrected chi connectivity index (χ3v) is 7.30. The van der Waals surface area contributed by atoms with Gasteiger partial charge in [-0.2, -0.15) is 0 Å². The second-order valence-electron chi connectivity index (χ2n) is 8.62. The quantitative estimate of drug-likeness (QED) is 0.162. The maximum atomic E-state index is 15.7. The smallest absolute Gasteiger partial charge is 0.340 e. The zero-order chi connectivity index (χ0) is 22.8. The Morgan fingerprint density at radius 2 is 2.03 bits per heavy atom. The highest BCUT2D eigenvalue weighted by Gasteiger charge is 2.23. The van der Waals surface area contributed by atoms with Gasteiger partial charge in [0.2, 0.25) is 0 Å². The van der Waals surface area contributed by atoms with Crippen molar-refractivity contribution in [2.45, 2.75) is 39.3 Å². The van der Waals surface area contributed by atoms with E-state index in [0.717, 1.165) is 15.2 Å². The second kappa shape index (κ2) is 9.66. The van der Waals surface area contributed by atoms with Crippen LogP contribution >= 0.6 is 22.6 Å². The molecule has 0 saturated heterocycles. The Morgan fingerprint density at radius 1 is 1.29 bits per heavy atom. The van der Waals surface area contributed by atoms with E-state index in [-0.39, 0.29) is 23.5 Å². The minimum Gasteiger partial charge on any atom is -0.465 e. The van der Waals surface area contributed by atoms with Gasteiger partial charge in [0.1, 0.15) is 12.2 Å². The number of aromatic nitrogens is 2. The number of ether oxygens (including phenoxy) is 2. The maximum absolute atomic E-state index is 15.7. The first-order valence-corrected chi connectivity index (χ1v) is 14.8. The predicted molar refractivity (Wildman–Crippen MR) is 132 cm³/mol. The Labute approximate surface area is 196 Å². The molecular weight excluding hydrogens is 528 g/mol. The minimum atomic E-state index is -1.22. The highest BCUT2D eigenvalue weighted by Crippen LogP contribution is 2.33. The van der Waals surface area contributed by atoms with Crippen LogP contribution in [0.1, 0.15) is 15.9 Å². The summed E-state index contributed by atoms with van der Waals surface area (Å²) in [5.41, 5.74) is 2.46. The molecule has 0 radical (unpaired) electrons. The molecule has 9 heteroatoms. The topological polar surface area (TPSA) is 65.4 Å². The molecule has 1 aromatic heterocycles. The molecular formula is C22H27FIN3O3Si. The molecule has 3 rings (SSSR count). The fourth-order valence-corrected chi connectivity index (χ4v) is 4.53. The molecule has 6 nitrogen and oxygen atoms in total. The lowest BCUT2D eigenvalue weighted by Crippen LogP contribution is -2.22. The molecule has 0 aliphatic heterocycles. The van der Waals surface area contributed by atoms with Crippen molar-refractivity contribution in [1.29, 1.82) is 0 Å². The lowest BCUT2D eigenvalue weighted by Gasteiger charge is -2.17. The molecule has 1 N–H and O–H groups in total. The third kappa shape index (κ3) is 5.63. The molecule has 0 aliphatic rings. The van der Waals surface area contributed by atoms with Crippen molar-refractivity contribution in [3.8, 4) is 0 Å². The average molecular weight is 555 g/mol. The van der Waals surface area contributed by atoms with Crippen molar-refractivity contribution in [1.82, 2.24) is 9.55 Å². The Balaban J connectivity index is 2.00. The number of aryl methyl sites for hydroxylation is 1. The summed E-state index contributed by atoms with van der Waals surface area (Å²) < 4.78 is 29.1. The highest BCUT2D eigenvalue weighted by atomic mass is 127. The van der Waals surface area contributed by atoms with E-state index < -0.39 is 19.9 Å². The van der Waals surface area contributed by atoms with E-state index in [2.05, 4.69) is 52.5 Å². The molecule has 2 aromatic carbocycles. The Hall–Kier alpha value is -1.98. The van der Waals surface area contributed by atoms with Crippen LogP contribution in [-0.2, 0) is 16.2 Å². The van der Waals surface area contributed by atoms with Crippen molar-refractivity contribution in [2.75, 3.05) is 19.0 Å². The molecule has 0 atom stereocenters. The van der Waals surface area contributed by atoms with Crippen LogP contribution in [0, 0.1) is 16.3 Å². The van der Waals surface area contributed by atoms with Gasteiger partial charge >= 0.3 is 5.97 Å². The van der Waals surface area contributed by atoms with Crippen molar-refractivity contribution in [2.24, 2.45) is 0 Å². The first-order valence-electron chi connectivity index (χ1n) is 9.97. The van der Waals surface area contributed by atoms with Crippen LogP contribution in [0.3, 0.4) is 0 Å². The summed E-state index contributed by atoms with van der Waals surface area (Å²) in [7, 11) is 0.0573. The predicted octanol–water partition coefficient (Wildman–Crippen LogP) is 5.93. The first kappa shape index (κ1) is 23.7. The molecule has 0 bridgehead atoms. The number of nitrogens with zero attached hydrogens (tertiary/aromatic N) is 2. The number of carbonyl (C=O) groups is 1. The van der Waals surface area contributed by atoms with Gasteiger partial charge in [0.25, 0.3) is 0 Å². The Kier molecular flexibility index (Phi) is 7.38. The van der Waals surface area contributed by atoms with Crippen molar-refractivity contribution in [3.05, 3.63) is 51.1 Å². The van der Waals surface area contributed by atoms with Gasteiger partial charge in [0.15, 0.2) is 5.82 Å². The van der Waals surface area contributed by atoms with E-state index in [1.807, 2.05) is 25.1 Å². The molecule has 3 aromatic rings. The number of imidazole rings is 1. The van der Waals surface area contributed by atoms with Gasteiger partial charge in [-0.25, -0.2) is 14.2 Å². The van der Waals surface area contributed by atoms with Crippen LogP contribution < -0.4 is 5.32 Å². The molecule has 0 unspecified atom stereocenters. The van der Waals surface area contributed by atoms with Gasteiger partial charge in [-0.3, -0.25) is 0 Å². The van der Waals surface area contributed by atoms with Crippen LogP contribution in [0.2, 0.25) is 25.7 Å². The number of hydrogen-bond acceptors (Lipinski definition) is 5. The molecule has 0 aliphatic carbocycles. The molecule has 166 valence electrons. The van der Waals surface area contributed by atoms with Gasteiger partial charge < -0.3 is 19.4 Å². The van der Waals surface area contributed by atoms with E-state index in [1.54, 1.807) is 10.6 Å². The summed E-state index contributed by atoms with van der Waals surface area (Å²) in [5.74, 6) is -1.20. The molecule has 0 saturated carbocycles. The number of anilines is 2. The van der Waals surface area contributed by atoms with E-state index in [1.165, 1.54) is 13.4 Å². The normalized spacial score (nSPS) is 11.7. The van der Waals surface area contributed by atoms with E-state index >= 15 is 4.39 Å². The third-order valence-electron chi connectivity index (χ3n) is 4.92. The van der Waals surface area contributed by atoms with E-state index in [9.17, 15) is 4.79 Å². The molecule has 31 heavy (non-hydrogen) atoms. The van der Waals surface area contributed by atoms with Crippen LogP contribution in [-0.4, -0.2) is 37.3 Å². The maximum Gasteiger partial charge on any atom is 0.340 e. The highest BCUT2D eigenvalue weighted by molar-refractivity contribution is 14.1. The van der Waals surface area contributed by atoms with Crippen molar-refractivity contribution >= 4 is 59.0 Å². The fraction of sp³-hybridized carbons (Fsp3) is 0.364. The van der Waals surface area contributed by atoms with Crippen LogP contribution in [0.25, 0.3) is 11.0 Å². The lowest BCUT2D eigenvalue weighted by atomic mass is 10.1.